The third-order valence-corrected chi connectivity index (χ3v) is 4.83. The number of nitrogens with one attached hydrogen (secondary N) is 3. The van der Waals surface area contributed by atoms with Crippen molar-refractivity contribution >= 4 is 34.1 Å². The molecule has 3 heterocycles. The molecule has 0 bridgehead atoms. The molecule has 1 aromatic rings. The van der Waals surface area contributed by atoms with Crippen LogP contribution in [0.15, 0.2) is 11.4 Å². The number of anilines is 1. The summed E-state index contributed by atoms with van der Waals surface area (Å²) in [6.07, 6.45) is 2.92. The smallest absolute Gasteiger partial charge is 0.341 e. The van der Waals surface area contributed by atoms with Crippen molar-refractivity contribution in [1.29, 1.82) is 0 Å². The van der Waals surface area contributed by atoms with Crippen LogP contribution in [0.2, 0.25) is 0 Å². The normalized spacial score (nSPS) is 23.6. The van der Waals surface area contributed by atoms with Crippen LogP contribution in [0, 0.1) is 0 Å². The zero-order chi connectivity index (χ0) is 16.2. The van der Waals surface area contributed by atoms with Crippen LogP contribution < -0.4 is 16.0 Å². The van der Waals surface area contributed by atoms with Gasteiger partial charge in [-0.15, -0.1) is 11.3 Å². The van der Waals surface area contributed by atoms with E-state index in [4.69, 9.17) is 4.74 Å². The molecule has 2 amide bonds. The van der Waals surface area contributed by atoms with Crippen molar-refractivity contribution in [1.82, 2.24) is 10.6 Å². The maximum atomic E-state index is 12.2. The second-order valence-electron chi connectivity index (χ2n) is 5.70. The molecule has 0 aliphatic carbocycles. The van der Waals surface area contributed by atoms with Gasteiger partial charge in [0.05, 0.1) is 17.6 Å². The maximum absolute atomic E-state index is 12.2. The van der Waals surface area contributed by atoms with Gasteiger partial charge in [-0.3, -0.25) is 9.59 Å². The zero-order valence-corrected chi connectivity index (χ0v) is 13.4. The Morgan fingerprint density at radius 2 is 2.26 bits per heavy atom. The van der Waals surface area contributed by atoms with Crippen LogP contribution in [0.25, 0.3) is 0 Å². The van der Waals surface area contributed by atoms with Crippen LogP contribution in [0.4, 0.5) is 5.00 Å². The Balaban J connectivity index is 1.55. The Hall–Kier alpha value is -1.93. The van der Waals surface area contributed by atoms with E-state index in [1.807, 2.05) is 0 Å². The van der Waals surface area contributed by atoms with E-state index in [1.54, 1.807) is 11.4 Å². The number of carbonyl (C=O) groups is 3. The summed E-state index contributed by atoms with van der Waals surface area (Å²) < 4.78 is 5.25. The number of ether oxygens (including phenoxy) is 1. The van der Waals surface area contributed by atoms with Crippen molar-refractivity contribution in [2.24, 2.45) is 0 Å². The molecule has 2 atom stereocenters. The van der Waals surface area contributed by atoms with Gasteiger partial charge in [0, 0.05) is 6.42 Å². The first-order chi connectivity index (χ1) is 11.1. The lowest BCUT2D eigenvalue weighted by Crippen LogP contribution is -2.35. The average Bonchev–Trinajstić information content (AvgIpc) is 3.26. The Kier molecular flexibility index (Phi) is 4.92. The van der Waals surface area contributed by atoms with Crippen LogP contribution in [-0.4, -0.2) is 43.0 Å². The van der Waals surface area contributed by atoms with E-state index in [9.17, 15) is 14.4 Å². The van der Waals surface area contributed by atoms with Crippen molar-refractivity contribution in [3.63, 3.8) is 0 Å². The van der Waals surface area contributed by atoms with E-state index in [2.05, 4.69) is 16.0 Å². The molecular weight excluding hydrogens is 318 g/mol. The number of esters is 1. The lowest BCUT2D eigenvalue weighted by molar-refractivity contribution is -0.119. The lowest BCUT2D eigenvalue weighted by atomic mass is 10.2. The van der Waals surface area contributed by atoms with E-state index in [0.29, 0.717) is 23.4 Å². The molecule has 3 N–H and O–H groups in total. The number of hydrogen-bond acceptors (Lipinski definition) is 6. The van der Waals surface area contributed by atoms with Gasteiger partial charge >= 0.3 is 5.97 Å². The van der Waals surface area contributed by atoms with Crippen LogP contribution in [0.1, 0.15) is 36.0 Å². The van der Waals surface area contributed by atoms with Gasteiger partial charge < -0.3 is 20.7 Å². The highest BCUT2D eigenvalue weighted by Gasteiger charge is 2.26. The Morgan fingerprint density at radius 1 is 1.39 bits per heavy atom. The number of thiophene rings is 1. The number of hydrogen-bond donors (Lipinski definition) is 3. The highest BCUT2D eigenvalue weighted by atomic mass is 32.1. The number of carbonyl (C=O) groups excluding carboxylic acids is 3. The SMILES string of the molecule is O=C1CC[C@@H](COC(=O)c2ccsc2NC(=O)[C@@H]2CCCN2)N1. The summed E-state index contributed by atoms with van der Waals surface area (Å²) in [5.41, 5.74) is 0.352. The first kappa shape index (κ1) is 15.9. The first-order valence-electron chi connectivity index (χ1n) is 7.71. The molecule has 2 fully saturated rings. The van der Waals surface area contributed by atoms with Gasteiger partial charge in [-0.1, -0.05) is 0 Å². The Bertz CT molecular complexity index is 610. The molecule has 1 aromatic heterocycles. The topological polar surface area (TPSA) is 96.5 Å². The molecule has 0 aromatic carbocycles. The van der Waals surface area contributed by atoms with Crippen LogP contribution >= 0.6 is 11.3 Å². The van der Waals surface area contributed by atoms with Gasteiger partial charge in [0.15, 0.2) is 0 Å². The minimum atomic E-state index is -0.484. The minimum Gasteiger partial charge on any atom is -0.460 e. The maximum Gasteiger partial charge on any atom is 0.341 e. The molecule has 2 aliphatic rings. The Morgan fingerprint density at radius 3 is 2.96 bits per heavy atom. The molecule has 7 nitrogen and oxygen atoms in total. The van der Waals surface area contributed by atoms with E-state index < -0.39 is 5.97 Å². The predicted octanol–water partition coefficient (Wildman–Crippen LogP) is 0.874. The molecule has 2 saturated heterocycles. The summed E-state index contributed by atoms with van der Waals surface area (Å²) in [4.78, 5) is 35.4. The molecule has 124 valence electrons. The second kappa shape index (κ2) is 7.10. The summed E-state index contributed by atoms with van der Waals surface area (Å²) in [5.74, 6) is -0.622. The van der Waals surface area contributed by atoms with E-state index >= 15 is 0 Å². The second-order valence-corrected chi connectivity index (χ2v) is 6.62. The predicted molar refractivity (Wildman–Crippen MR) is 85.4 cm³/mol. The number of rotatable bonds is 5. The summed E-state index contributed by atoms with van der Waals surface area (Å²) in [6.45, 7) is 0.989. The van der Waals surface area contributed by atoms with E-state index in [-0.39, 0.29) is 30.5 Å². The van der Waals surface area contributed by atoms with Gasteiger partial charge in [-0.2, -0.15) is 0 Å². The highest BCUT2D eigenvalue weighted by molar-refractivity contribution is 7.14. The van der Waals surface area contributed by atoms with Crippen LogP contribution in [0.5, 0.6) is 0 Å². The first-order valence-corrected chi connectivity index (χ1v) is 8.59. The third-order valence-electron chi connectivity index (χ3n) is 4.00. The largest absolute Gasteiger partial charge is 0.460 e. The summed E-state index contributed by atoms with van der Waals surface area (Å²) >= 11 is 1.29. The van der Waals surface area contributed by atoms with Crippen molar-refractivity contribution in [2.45, 2.75) is 37.8 Å². The van der Waals surface area contributed by atoms with Crippen LogP contribution in [-0.2, 0) is 14.3 Å². The van der Waals surface area contributed by atoms with Crippen molar-refractivity contribution < 1.29 is 19.1 Å². The standard InChI is InChI=1S/C15H19N3O4S/c19-12-4-3-9(17-12)8-22-15(21)10-5-7-23-14(10)18-13(20)11-2-1-6-16-11/h5,7,9,11,16H,1-4,6,8H2,(H,17,19)(H,18,20)/t9-,11-/m0/s1. The molecule has 8 heteroatoms. The highest BCUT2D eigenvalue weighted by Crippen LogP contribution is 2.25. The van der Waals surface area contributed by atoms with E-state index in [0.717, 1.165) is 19.4 Å². The fourth-order valence-corrected chi connectivity index (χ4v) is 3.51. The van der Waals surface area contributed by atoms with Gasteiger partial charge in [0.1, 0.15) is 11.6 Å². The fraction of sp³-hybridized carbons (Fsp3) is 0.533. The Labute approximate surface area is 137 Å². The molecule has 0 radical (unpaired) electrons. The number of amides is 2. The quantitative estimate of drug-likeness (QED) is 0.693. The lowest BCUT2D eigenvalue weighted by Gasteiger charge is -2.13. The summed E-state index contributed by atoms with van der Waals surface area (Å²) in [7, 11) is 0. The average molecular weight is 337 g/mol. The van der Waals surface area contributed by atoms with Gasteiger partial charge in [0.2, 0.25) is 11.8 Å². The van der Waals surface area contributed by atoms with Gasteiger partial charge in [0.25, 0.3) is 0 Å². The molecule has 0 unspecified atom stereocenters. The van der Waals surface area contributed by atoms with Crippen molar-refractivity contribution in [3.05, 3.63) is 17.0 Å². The van der Waals surface area contributed by atoms with Gasteiger partial charge in [-0.05, 0) is 37.3 Å². The van der Waals surface area contributed by atoms with Crippen LogP contribution in [0.3, 0.4) is 0 Å². The zero-order valence-electron chi connectivity index (χ0n) is 12.6. The minimum absolute atomic E-state index is 0.0152. The van der Waals surface area contributed by atoms with Crippen molar-refractivity contribution in [3.8, 4) is 0 Å². The van der Waals surface area contributed by atoms with Gasteiger partial charge in [-0.25, -0.2) is 4.79 Å². The van der Waals surface area contributed by atoms with E-state index in [1.165, 1.54) is 11.3 Å². The molecule has 0 spiro atoms. The molecule has 0 saturated carbocycles. The third kappa shape index (κ3) is 3.89. The monoisotopic (exact) mass is 337 g/mol. The molecule has 3 rings (SSSR count). The molecule has 2 aliphatic heterocycles. The van der Waals surface area contributed by atoms with Crippen molar-refractivity contribution in [2.75, 3.05) is 18.5 Å². The summed E-state index contributed by atoms with van der Waals surface area (Å²) in [5, 5.41) is 10.9. The summed E-state index contributed by atoms with van der Waals surface area (Å²) in [6, 6.07) is 1.32. The molecule has 23 heavy (non-hydrogen) atoms. The molecular formula is C15H19N3O4S. The fourth-order valence-electron chi connectivity index (χ4n) is 2.73.